The highest BCUT2D eigenvalue weighted by Crippen LogP contribution is 2.20. The second-order valence-corrected chi connectivity index (χ2v) is 4.90. The molecular formula is C11H14ClF2IN2O. The van der Waals surface area contributed by atoms with Crippen molar-refractivity contribution in [3.05, 3.63) is 27.3 Å². The Labute approximate surface area is 124 Å². The summed E-state index contributed by atoms with van der Waals surface area (Å²) < 4.78 is 26.3. The third kappa shape index (κ3) is 5.45. The van der Waals surface area contributed by atoms with Gasteiger partial charge in [0.05, 0.1) is 3.57 Å². The Morgan fingerprint density at radius 2 is 1.94 bits per heavy atom. The third-order valence-electron chi connectivity index (χ3n) is 2.09. The monoisotopic (exact) mass is 390 g/mol. The lowest BCUT2D eigenvalue weighted by Crippen LogP contribution is -2.19. The largest absolute Gasteiger partial charge is 0.328 e. The number of carbonyl (C=O) groups is 1. The number of nitrogens with one attached hydrogen (secondary N) is 1. The van der Waals surface area contributed by atoms with Gasteiger partial charge in [-0.2, -0.15) is 0 Å². The fourth-order valence-corrected chi connectivity index (χ4v) is 1.52. The molecule has 1 aromatic carbocycles. The number of carbonyl (C=O) groups excluding carboxylic acids is 1. The maximum absolute atomic E-state index is 13.2. The van der Waals surface area contributed by atoms with Gasteiger partial charge in [-0.1, -0.05) is 0 Å². The summed E-state index contributed by atoms with van der Waals surface area (Å²) in [6, 6.07) is 2.11. The van der Waals surface area contributed by atoms with Crippen LogP contribution in [-0.2, 0) is 4.79 Å². The van der Waals surface area contributed by atoms with Gasteiger partial charge in [0.2, 0.25) is 5.91 Å². The van der Waals surface area contributed by atoms with Gasteiger partial charge in [0.25, 0.3) is 0 Å². The molecule has 0 saturated carbocycles. The first-order valence-corrected chi connectivity index (χ1v) is 6.18. The van der Waals surface area contributed by atoms with E-state index in [1.165, 1.54) is 0 Å². The van der Waals surface area contributed by atoms with E-state index < -0.39 is 11.6 Å². The maximum atomic E-state index is 13.2. The number of nitrogens with two attached hydrogens (primary N) is 1. The highest BCUT2D eigenvalue weighted by Gasteiger charge is 2.10. The van der Waals surface area contributed by atoms with E-state index in [0.717, 1.165) is 12.1 Å². The van der Waals surface area contributed by atoms with Gasteiger partial charge >= 0.3 is 0 Å². The SMILES string of the molecule is CC(N)CCC(=O)Nc1cc(F)c(I)c(F)c1.Cl. The summed E-state index contributed by atoms with van der Waals surface area (Å²) in [6.07, 6.45) is 0.758. The lowest BCUT2D eigenvalue weighted by atomic mass is 10.2. The van der Waals surface area contributed by atoms with E-state index in [-0.39, 0.29) is 40.0 Å². The average Bonchev–Trinajstić information content (AvgIpc) is 2.23. The number of hydrogen-bond acceptors (Lipinski definition) is 2. The van der Waals surface area contributed by atoms with E-state index in [0.29, 0.717) is 6.42 Å². The van der Waals surface area contributed by atoms with Crippen LogP contribution in [0.3, 0.4) is 0 Å². The van der Waals surface area contributed by atoms with Crippen molar-refractivity contribution in [1.29, 1.82) is 0 Å². The van der Waals surface area contributed by atoms with Crippen LogP contribution in [0, 0.1) is 15.2 Å². The van der Waals surface area contributed by atoms with E-state index >= 15 is 0 Å². The van der Waals surface area contributed by atoms with E-state index in [9.17, 15) is 13.6 Å². The molecule has 1 amide bonds. The molecule has 0 fully saturated rings. The van der Waals surface area contributed by atoms with Crippen molar-refractivity contribution in [3.63, 3.8) is 0 Å². The molecule has 0 bridgehead atoms. The molecule has 1 rings (SSSR count). The predicted octanol–water partition coefficient (Wildman–Crippen LogP) is 3.06. The van der Waals surface area contributed by atoms with Crippen molar-refractivity contribution in [2.45, 2.75) is 25.8 Å². The second-order valence-electron chi connectivity index (χ2n) is 3.82. The first kappa shape index (κ1) is 17.5. The van der Waals surface area contributed by atoms with Gasteiger partial charge in [0.15, 0.2) is 0 Å². The van der Waals surface area contributed by atoms with Crippen LogP contribution in [0.15, 0.2) is 12.1 Å². The van der Waals surface area contributed by atoms with Gasteiger partial charge < -0.3 is 11.1 Å². The van der Waals surface area contributed by atoms with Gasteiger partial charge in [-0.3, -0.25) is 4.79 Å². The van der Waals surface area contributed by atoms with Gasteiger partial charge in [0, 0.05) is 18.2 Å². The molecule has 0 aliphatic rings. The Morgan fingerprint density at radius 3 is 2.39 bits per heavy atom. The Balaban J connectivity index is 0.00000289. The second kappa shape index (κ2) is 7.85. The number of amides is 1. The smallest absolute Gasteiger partial charge is 0.224 e. The topological polar surface area (TPSA) is 55.1 Å². The molecule has 0 aromatic heterocycles. The first-order chi connectivity index (χ1) is 7.90. The molecule has 7 heteroatoms. The van der Waals surface area contributed by atoms with E-state index in [1.807, 2.05) is 0 Å². The van der Waals surface area contributed by atoms with Crippen LogP contribution in [0.2, 0.25) is 0 Å². The predicted molar refractivity (Wildman–Crippen MR) is 77.8 cm³/mol. The molecule has 0 spiro atoms. The molecule has 1 atom stereocenters. The Morgan fingerprint density at radius 1 is 1.44 bits per heavy atom. The maximum Gasteiger partial charge on any atom is 0.224 e. The van der Waals surface area contributed by atoms with Crippen molar-refractivity contribution < 1.29 is 13.6 Å². The summed E-state index contributed by atoms with van der Waals surface area (Å²) in [5, 5.41) is 2.43. The fourth-order valence-electron chi connectivity index (χ4n) is 1.21. The number of halogens is 4. The van der Waals surface area contributed by atoms with Crippen molar-refractivity contribution >= 4 is 46.6 Å². The summed E-state index contributed by atoms with van der Waals surface area (Å²) in [5.74, 6) is -1.68. The zero-order valence-corrected chi connectivity index (χ0v) is 12.6. The van der Waals surface area contributed by atoms with Crippen LogP contribution >= 0.6 is 35.0 Å². The van der Waals surface area contributed by atoms with Gasteiger partial charge in [0.1, 0.15) is 11.6 Å². The highest BCUT2D eigenvalue weighted by atomic mass is 127. The highest BCUT2D eigenvalue weighted by molar-refractivity contribution is 14.1. The van der Waals surface area contributed by atoms with E-state index in [4.69, 9.17) is 5.73 Å². The van der Waals surface area contributed by atoms with Crippen LogP contribution in [0.1, 0.15) is 19.8 Å². The van der Waals surface area contributed by atoms with E-state index in [2.05, 4.69) is 5.32 Å². The van der Waals surface area contributed by atoms with Crippen LogP contribution in [0.25, 0.3) is 0 Å². The van der Waals surface area contributed by atoms with Crippen molar-refractivity contribution in [3.8, 4) is 0 Å². The van der Waals surface area contributed by atoms with E-state index in [1.54, 1.807) is 29.5 Å². The Bertz CT molecular complexity index is 406. The van der Waals surface area contributed by atoms with Crippen LogP contribution in [-0.4, -0.2) is 11.9 Å². The quantitative estimate of drug-likeness (QED) is 0.613. The number of benzene rings is 1. The number of anilines is 1. The van der Waals surface area contributed by atoms with Crippen molar-refractivity contribution in [2.75, 3.05) is 5.32 Å². The molecular weight excluding hydrogens is 376 g/mol. The molecule has 0 radical (unpaired) electrons. The number of rotatable bonds is 4. The summed E-state index contributed by atoms with van der Waals surface area (Å²) in [5.41, 5.74) is 5.62. The normalized spacial score (nSPS) is 11.6. The average molecular weight is 391 g/mol. The summed E-state index contributed by atoms with van der Waals surface area (Å²) >= 11 is 1.57. The zero-order chi connectivity index (χ0) is 13.0. The van der Waals surface area contributed by atoms with Crippen LogP contribution in [0.4, 0.5) is 14.5 Å². The minimum Gasteiger partial charge on any atom is -0.328 e. The molecule has 0 heterocycles. The fraction of sp³-hybridized carbons (Fsp3) is 0.364. The van der Waals surface area contributed by atoms with Gasteiger partial charge in [-0.25, -0.2) is 8.78 Å². The third-order valence-corrected chi connectivity index (χ3v) is 3.12. The van der Waals surface area contributed by atoms with Gasteiger partial charge in [-0.15, -0.1) is 12.4 Å². The lowest BCUT2D eigenvalue weighted by Gasteiger charge is -2.08. The molecule has 102 valence electrons. The molecule has 1 unspecified atom stereocenters. The molecule has 3 nitrogen and oxygen atoms in total. The lowest BCUT2D eigenvalue weighted by molar-refractivity contribution is -0.116. The molecule has 0 saturated heterocycles. The molecule has 18 heavy (non-hydrogen) atoms. The summed E-state index contributed by atoms with van der Waals surface area (Å²) in [6.45, 7) is 1.79. The Hall–Kier alpha value is -0.470. The molecule has 3 N–H and O–H groups in total. The first-order valence-electron chi connectivity index (χ1n) is 5.10. The van der Waals surface area contributed by atoms with Gasteiger partial charge in [-0.05, 0) is 48.1 Å². The van der Waals surface area contributed by atoms with Crippen molar-refractivity contribution in [2.24, 2.45) is 5.73 Å². The standard InChI is InChI=1S/C11H13F2IN2O.ClH/c1-6(15)2-3-10(17)16-7-4-8(12)11(14)9(13)5-7;/h4-6H,2-3,15H2,1H3,(H,16,17);1H. The minimum atomic E-state index is -0.687. The summed E-state index contributed by atoms with van der Waals surface area (Å²) in [7, 11) is 0. The van der Waals surface area contributed by atoms with Crippen LogP contribution < -0.4 is 11.1 Å². The molecule has 1 aromatic rings. The molecule has 0 aliphatic carbocycles. The van der Waals surface area contributed by atoms with Crippen LogP contribution in [0.5, 0.6) is 0 Å². The van der Waals surface area contributed by atoms with Crippen molar-refractivity contribution in [1.82, 2.24) is 0 Å². The minimum absolute atomic E-state index is 0. The zero-order valence-electron chi connectivity index (χ0n) is 9.67. The Kier molecular flexibility index (Phi) is 7.65. The molecule has 0 aliphatic heterocycles. The summed E-state index contributed by atoms with van der Waals surface area (Å²) in [4.78, 5) is 11.4. The number of hydrogen-bond donors (Lipinski definition) is 2.